The number of hydrogen-bond donors (Lipinski definition) is 1. The molecular weight excluding hydrogens is 315 g/mol. The highest BCUT2D eigenvalue weighted by molar-refractivity contribution is 5.53. The van der Waals surface area contributed by atoms with Gasteiger partial charge in [0.15, 0.2) is 23.3 Å². The van der Waals surface area contributed by atoms with Crippen LogP contribution in [0.2, 0.25) is 0 Å². The molecule has 0 aliphatic carbocycles. The van der Waals surface area contributed by atoms with E-state index in [0.717, 1.165) is 12.8 Å². The third kappa shape index (κ3) is 3.92. The van der Waals surface area contributed by atoms with E-state index < -0.39 is 40.7 Å². The smallest absolute Gasteiger partial charge is 0.355 e. The molecular formula is C14H14F7N. The third-order valence-corrected chi connectivity index (χ3v) is 2.93. The van der Waals surface area contributed by atoms with Crippen LogP contribution in [-0.4, -0.2) is 0 Å². The molecule has 0 saturated carbocycles. The number of rotatable bonds is 6. The van der Waals surface area contributed by atoms with Gasteiger partial charge in [-0.05, 0) is 12.8 Å². The van der Waals surface area contributed by atoms with E-state index >= 15 is 0 Å². The second kappa shape index (κ2) is 7.02. The largest absolute Gasteiger partial charge is 0.422 e. The summed E-state index contributed by atoms with van der Waals surface area (Å²) in [4.78, 5) is 0. The lowest BCUT2D eigenvalue weighted by Crippen LogP contribution is -2.17. The van der Waals surface area contributed by atoms with Crippen LogP contribution < -0.4 is 5.32 Å². The molecule has 0 aliphatic heterocycles. The number of halogens is 7. The highest BCUT2D eigenvalue weighted by Gasteiger charge is 2.42. The molecule has 22 heavy (non-hydrogen) atoms. The Balaban J connectivity index is 3.16. The minimum absolute atomic E-state index is 0.0461. The fourth-order valence-electron chi connectivity index (χ4n) is 1.82. The van der Waals surface area contributed by atoms with Crippen molar-refractivity contribution >= 4 is 5.69 Å². The van der Waals surface area contributed by atoms with Crippen LogP contribution in [0.4, 0.5) is 36.4 Å². The van der Waals surface area contributed by atoms with Gasteiger partial charge in [-0.1, -0.05) is 26.3 Å². The monoisotopic (exact) mass is 329 g/mol. The Labute approximate surface area is 122 Å². The number of hydrogen-bond acceptors (Lipinski definition) is 1. The molecule has 1 N–H and O–H groups in total. The van der Waals surface area contributed by atoms with Crippen molar-refractivity contribution in [2.24, 2.45) is 0 Å². The van der Waals surface area contributed by atoms with E-state index in [2.05, 4.69) is 6.58 Å². The summed E-state index contributed by atoms with van der Waals surface area (Å²) in [5, 5.41) is 2.01. The first-order valence-electron chi connectivity index (χ1n) is 6.49. The van der Waals surface area contributed by atoms with Crippen LogP contribution in [0, 0.1) is 23.3 Å². The zero-order valence-corrected chi connectivity index (χ0v) is 11.7. The summed E-state index contributed by atoms with van der Waals surface area (Å²) in [7, 11) is 0. The molecule has 1 aromatic rings. The van der Waals surface area contributed by atoms with E-state index in [1.54, 1.807) is 0 Å². The summed E-state index contributed by atoms with van der Waals surface area (Å²) in [6.45, 7) is 5.34. The maximum absolute atomic E-state index is 13.6. The molecule has 0 spiro atoms. The van der Waals surface area contributed by atoms with E-state index in [1.165, 1.54) is 0 Å². The van der Waals surface area contributed by atoms with Gasteiger partial charge in [-0.3, -0.25) is 0 Å². The molecule has 0 atom stereocenters. The topological polar surface area (TPSA) is 12.0 Å². The van der Waals surface area contributed by atoms with Crippen molar-refractivity contribution in [3.63, 3.8) is 0 Å². The lowest BCUT2D eigenvalue weighted by Gasteiger charge is -2.16. The number of nitrogens with one attached hydrogen (secondary N) is 1. The molecule has 124 valence electrons. The highest BCUT2D eigenvalue weighted by atomic mass is 19.4. The van der Waals surface area contributed by atoms with Crippen LogP contribution in [0.25, 0.3) is 0 Å². The number of alkyl halides is 3. The van der Waals surface area contributed by atoms with Gasteiger partial charge in [0.05, 0.1) is 0 Å². The summed E-state index contributed by atoms with van der Waals surface area (Å²) in [6, 6.07) is 0. The maximum atomic E-state index is 13.6. The average molecular weight is 329 g/mol. The molecule has 8 heteroatoms. The maximum Gasteiger partial charge on any atom is 0.422 e. The van der Waals surface area contributed by atoms with Crippen molar-refractivity contribution in [3.8, 4) is 0 Å². The molecule has 1 rings (SSSR count). The van der Waals surface area contributed by atoms with Crippen LogP contribution in [0.3, 0.4) is 0 Å². The number of anilines is 1. The molecule has 0 amide bonds. The Kier molecular flexibility index (Phi) is 5.85. The Morgan fingerprint density at radius 2 is 1.45 bits per heavy atom. The second-order valence-electron chi connectivity index (χ2n) is 4.69. The van der Waals surface area contributed by atoms with Gasteiger partial charge in [-0.25, -0.2) is 17.6 Å². The van der Waals surface area contributed by atoms with Crippen LogP contribution in [0.5, 0.6) is 0 Å². The SMILES string of the molecule is C=C(CCCCC)Nc1c(F)c(F)c(C(F)(F)F)c(F)c1F. The van der Waals surface area contributed by atoms with Gasteiger partial charge >= 0.3 is 6.18 Å². The Bertz CT molecular complexity index is 534. The van der Waals surface area contributed by atoms with Gasteiger partial charge in [-0.15, -0.1) is 0 Å². The lowest BCUT2D eigenvalue weighted by molar-refractivity contribution is -0.143. The summed E-state index contributed by atoms with van der Waals surface area (Å²) < 4.78 is 91.2. The van der Waals surface area contributed by atoms with Gasteiger partial charge in [0.1, 0.15) is 11.3 Å². The van der Waals surface area contributed by atoms with Crippen LogP contribution in [-0.2, 0) is 6.18 Å². The number of benzene rings is 1. The minimum Gasteiger partial charge on any atom is -0.355 e. The standard InChI is InChI=1S/C14H14F7N/c1-3-4-5-6-7(2)22-13-11(17)9(15)8(14(19,20)21)10(16)12(13)18/h22H,2-6H2,1H3. The minimum atomic E-state index is -5.55. The van der Waals surface area contributed by atoms with E-state index in [-0.39, 0.29) is 12.1 Å². The molecule has 0 aromatic heterocycles. The zero-order chi connectivity index (χ0) is 17.1. The van der Waals surface area contributed by atoms with Crippen molar-refractivity contribution in [2.45, 2.75) is 38.8 Å². The van der Waals surface area contributed by atoms with Crippen molar-refractivity contribution in [3.05, 3.63) is 41.1 Å². The number of unbranched alkanes of at least 4 members (excludes halogenated alkanes) is 2. The van der Waals surface area contributed by atoms with Gasteiger partial charge < -0.3 is 5.32 Å². The van der Waals surface area contributed by atoms with Crippen molar-refractivity contribution < 1.29 is 30.7 Å². The molecule has 1 aromatic carbocycles. The lowest BCUT2D eigenvalue weighted by atomic mass is 10.1. The van der Waals surface area contributed by atoms with Crippen LogP contribution >= 0.6 is 0 Å². The Morgan fingerprint density at radius 1 is 0.955 bits per heavy atom. The second-order valence-corrected chi connectivity index (χ2v) is 4.69. The number of allylic oxidation sites excluding steroid dienone is 1. The fraction of sp³-hybridized carbons (Fsp3) is 0.429. The zero-order valence-electron chi connectivity index (χ0n) is 11.7. The van der Waals surface area contributed by atoms with E-state index in [0.29, 0.717) is 6.42 Å². The van der Waals surface area contributed by atoms with Gasteiger partial charge in [-0.2, -0.15) is 13.2 Å². The summed E-state index contributed by atoms with van der Waals surface area (Å²) in [5.41, 5.74) is -3.86. The predicted octanol–water partition coefficient (Wildman–Crippen LogP) is 5.77. The third-order valence-electron chi connectivity index (χ3n) is 2.93. The first kappa shape index (κ1) is 18.3. The van der Waals surface area contributed by atoms with E-state index in [1.807, 2.05) is 12.2 Å². The van der Waals surface area contributed by atoms with E-state index in [4.69, 9.17) is 0 Å². The van der Waals surface area contributed by atoms with Crippen molar-refractivity contribution in [1.82, 2.24) is 0 Å². The quantitative estimate of drug-likeness (QED) is 0.397. The van der Waals surface area contributed by atoms with Gasteiger partial charge in [0, 0.05) is 5.70 Å². The molecule has 0 unspecified atom stereocenters. The van der Waals surface area contributed by atoms with Gasteiger partial charge in [0.25, 0.3) is 0 Å². The molecule has 0 saturated heterocycles. The van der Waals surface area contributed by atoms with Crippen LogP contribution in [0.15, 0.2) is 12.3 Å². The predicted molar refractivity (Wildman–Crippen MR) is 68.2 cm³/mol. The first-order chi connectivity index (χ1) is 10.1. The molecule has 0 heterocycles. The first-order valence-corrected chi connectivity index (χ1v) is 6.49. The Hall–Kier alpha value is -1.73. The van der Waals surface area contributed by atoms with Crippen molar-refractivity contribution in [2.75, 3.05) is 5.32 Å². The molecule has 0 radical (unpaired) electrons. The van der Waals surface area contributed by atoms with Crippen molar-refractivity contribution in [1.29, 1.82) is 0 Å². The average Bonchev–Trinajstić information content (AvgIpc) is 2.40. The summed E-state index contributed by atoms with van der Waals surface area (Å²) in [5.74, 6) is -9.25. The molecule has 1 nitrogen and oxygen atoms in total. The molecule has 0 bridgehead atoms. The highest BCUT2D eigenvalue weighted by Crippen LogP contribution is 2.38. The Morgan fingerprint density at radius 3 is 1.86 bits per heavy atom. The summed E-state index contributed by atoms with van der Waals surface area (Å²) in [6.07, 6.45) is -3.03. The van der Waals surface area contributed by atoms with Crippen LogP contribution in [0.1, 0.15) is 38.2 Å². The normalized spacial score (nSPS) is 11.6. The van der Waals surface area contributed by atoms with E-state index in [9.17, 15) is 30.7 Å². The van der Waals surface area contributed by atoms with Gasteiger partial charge in [0.2, 0.25) is 0 Å². The fourth-order valence-corrected chi connectivity index (χ4v) is 1.82. The molecule has 0 aliphatic rings. The molecule has 0 fully saturated rings. The summed E-state index contributed by atoms with van der Waals surface area (Å²) >= 11 is 0.